The molecule has 1 unspecified atom stereocenters. The molecule has 0 N–H and O–H groups in total. The first-order valence-electron chi connectivity index (χ1n) is 9.11. The van der Waals surface area contributed by atoms with Crippen molar-refractivity contribution in [3.63, 3.8) is 0 Å². The number of anilines is 1. The molecule has 0 saturated carbocycles. The van der Waals surface area contributed by atoms with Crippen molar-refractivity contribution in [3.05, 3.63) is 29.3 Å². The van der Waals surface area contributed by atoms with Gasteiger partial charge in [-0.3, -0.25) is 9.69 Å². The van der Waals surface area contributed by atoms with Gasteiger partial charge in [0.1, 0.15) is 0 Å². The lowest BCUT2D eigenvalue weighted by molar-refractivity contribution is -0.134. The number of likely N-dealkylation sites (N-methyl/N-ethyl adjacent to an activating group) is 1. The highest BCUT2D eigenvalue weighted by Gasteiger charge is 2.34. The van der Waals surface area contributed by atoms with Crippen LogP contribution in [0.3, 0.4) is 0 Å². The molecule has 26 heavy (non-hydrogen) atoms. The molecule has 0 spiro atoms. The molecule has 0 bridgehead atoms. The standard InChI is InChI=1S/C18H26ClN3O3S/c1-2-22(15-7-12-26(24,25)14-15)18(23)13-20-8-10-21(11-9-20)17-6-4-3-5-16(17)19/h3-6,15H,2,7-14H2,1H3. The third kappa shape index (κ3) is 4.50. The van der Waals surface area contributed by atoms with E-state index in [-0.39, 0.29) is 23.5 Å². The molecule has 2 saturated heterocycles. The van der Waals surface area contributed by atoms with Gasteiger partial charge in [-0.15, -0.1) is 0 Å². The number of hydrogen-bond acceptors (Lipinski definition) is 5. The van der Waals surface area contributed by atoms with Crippen LogP contribution in [0.25, 0.3) is 0 Å². The highest BCUT2D eigenvalue weighted by Crippen LogP contribution is 2.26. The number of sulfone groups is 1. The number of amides is 1. The van der Waals surface area contributed by atoms with Crippen LogP contribution in [-0.4, -0.2) is 80.9 Å². The Morgan fingerprint density at radius 3 is 2.50 bits per heavy atom. The molecule has 2 fully saturated rings. The van der Waals surface area contributed by atoms with Crippen LogP contribution < -0.4 is 4.90 Å². The van der Waals surface area contributed by atoms with Gasteiger partial charge in [-0.1, -0.05) is 23.7 Å². The van der Waals surface area contributed by atoms with Crippen molar-refractivity contribution in [1.82, 2.24) is 9.80 Å². The zero-order chi connectivity index (χ0) is 18.7. The number of nitrogens with zero attached hydrogens (tertiary/aromatic N) is 3. The summed E-state index contributed by atoms with van der Waals surface area (Å²) in [5.41, 5.74) is 1.03. The second-order valence-electron chi connectivity index (χ2n) is 6.95. The Kier molecular flexibility index (Phi) is 6.10. The van der Waals surface area contributed by atoms with Crippen LogP contribution in [0.5, 0.6) is 0 Å². The average molecular weight is 400 g/mol. The molecule has 1 amide bonds. The van der Waals surface area contributed by atoms with Crippen LogP contribution in [0.2, 0.25) is 5.02 Å². The van der Waals surface area contributed by atoms with Crippen molar-refractivity contribution in [2.75, 3.05) is 55.7 Å². The van der Waals surface area contributed by atoms with Gasteiger partial charge >= 0.3 is 0 Å². The summed E-state index contributed by atoms with van der Waals surface area (Å²) in [6.07, 6.45) is 0.558. The van der Waals surface area contributed by atoms with Crippen LogP contribution in [-0.2, 0) is 14.6 Å². The third-order valence-electron chi connectivity index (χ3n) is 5.23. The Balaban J connectivity index is 1.53. The van der Waals surface area contributed by atoms with Gasteiger partial charge in [0, 0.05) is 38.8 Å². The zero-order valence-electron chi connectivity index (χ0n) is 15.1. The number of para-hydroxylation sites is 1. The fraction of sp³-hybridized carbons (Fsp3) is 0.611. The second kappa shape index (κ2) is 8.15. The fourth-order valence-electron chi connectivity index (χ4n) is 3.80. The maximum absolute atomic E-state index is 12.7. The Morgan fingerprint density at radius 2 is 1.92 bits per heavy atom. The van der Waals surface area contributed by atoms with E-state index in [2.05, 4.69) is 9.80 Å². The highest BCUT2D eigenvalue weighted by atomic mass is 35.5. The molecule has 0 aromatic heterocycles. The van der Waals surface area contributed by atoms with Gasteiger partial charge in [-0.05, 0) is 25.5 Å². The molecular weight excluding hydrogens is 374 g/mol. The smallest absolute Gasteiger partial charge is 0.237 e. The molecule has 6 nitrogen and oxygen atoms in total. The molecule has 2 aliphatic rings. The van der Waals surface area contributed by atoms with E-state index in [0.717, 1.165) is 36.9 Å². The maximum Gasteiger partial charge on any atom is 0.237 e. The van der Waals surface area contributed by atoms with Gasteiger partial charge in [-0.25, -0.2) is 8.42 Å². The summed E-state index contributed by atoms with van der Waals surface area (Å²) in [4.78, 5) is 18.8. The summed E-state index contributed by atoms with van der Waals surface area (Å²) < 4.78 is 23.4. The van der Waals surface area contributed by atoms with E-state index < -0.39 is 9.84 Å². The average Bonchev–Trinajstić information content (AvgIpc) is 2.96. The quantitative estimate of drug-likeness (QED) is 0.750. The SMILES string of the molecule is CCN(C(=O)CN1CCN(c2ccccc2Cl)CC1)C1CCS(=O)(=O)C1. The van der Waals surface area contributed by atoms with Crippen LogP contribution >= 0.6 is 11.6 Å². The lowest BCUT2D eigenvalue weighted by Crippen LogP contribution is -2.51. The summed E-state index contributed by atoms with van der Waals surface area (Å²) in [6.45, 7) is 6.04. The fourth-order valence-corrected chi connectivity index (χ4v) is 5.78. The monoisotopic (exact) mass is 399 g/mol. The van der Waals surface area contributed by atoms with E-state index in [9.17, 15) is 13.2 Å². The minimum atomic E-state index is -2.99. The van der Waals surface area contributed by atoms with Crippen molar-refractivity contribution in [2.45, 2.75) is 19.4 Å². The number of rotatable bonds is 5. The molecule has 1 aromatic rings. The lowest BCUT2D eigenvalue weighted by atomic mass is 10.2. The Bertz CT molecular complexity index is 748. The minimum Gasteiger partial charge on any atom is -0.368 e. The van der Waals surface area contributed by atoms with Crippen LogP contribution in [0.1, 0.15) is 13.3 Å². The summed E-state index contributed by atoms with van der Waals surface area (Å²) in [5.74, 6) is 0.325. The molecule has 2 aliphatic heterocycles. The molecule has 8 heteroatoms. The topological polar surface area (TPSA) is 60.9 Å². The zero-order valence-corrected chi connectivity index (χ0v) is 16.7. The Hall–Kier alpha value is -1.31. The van der Waals surface area contributed by atoms with E-state index in [1.165, 1.54) is 0 Å². The molecule has 144 valence electrons. The molecule has 2 heterocycles. The van der Waals surface area contributed by atoms with Crippen molar-refractivity contribution in [2.24, 2.45) is 0 Å². The minimum absolute atomic E-state index is 0.0285. The van der Waals surface area contributed by atoms with Crippen molar-refractivity contribution < 1.29 is 13.2 Å². The van der Waals surface area contributed by atoms with Crippen molar-refractivity contribution >= 4 is 33.0 Å². The van der Waals surface area contributed by atoms with E-state index in [0.29, 0.717) is 19.5 Å². The normalized spacial score (nSPS) is 23.2. The summed E-state index contributed by atoms with van der Waals surface area (Å²) in [6, 6.07) is 7.64. The first kappa shape index (κ1) is 19.5. The van der Waals surface area contributed by atoms with Gasteiger partial charge in [-0.2, -0.15) is 0 Å². The van der Waals surface area contributed by atoms with Gasteiger partial charge in [0.15, 0.2) is 9.84 Å². The molecule has 0 radical (unpaired) electrons. The predicted octanol–water partition coefficient (Wildman–Crippen LogP) is 1.50. The Morgan fingerprint density at radius 1 is 1.23 bits per heavy atom. The highest BCUT2D eigenvalue weighted by molar-refractivity contribution is 7.91. The van der Waals surface area contributed by atoms with Gasteiger partial charge in [0.25, 0.3) is 0 Å². The van der Waals surface area contributed by atoms with Crippen molar-refractivity contribution in [1.29, 1.82) is 0 Å². The van der Waals surface area contributed by atoms with E-state index in [1.807, 2.05) is 31.2 Å². The van der Waals surface area contributed by atoms with E-state index >= 15 is 0 Å². The van der Waals surface area contributed by atoms with Crippen LogP contribution in [0.4, 0.5) is 5.69 Å². The third-order valence-corrected chi connectivity index (χ3v) is 7.30. The van der Waals surface area contributed by atoms with E-state index in [1.54, 1.807) is 4.90 Å². The van der Waals surface area contributed by atoms with Gasteiger partial charge in [0.05, 0.1) is 28.8 Å². The number of hydrogen-bond donors (Lipinski definition) is 0. The molecular formula is C18H26ClN3O3S. The van der Waals surface area contributed by atoms with E-state index in [4.69, 9.17) is 11.6 Å². The molecule has 3 rings (SSSR count). The number of piperazine rings is 1. The number of benzene rings is 1. The molecule has 1 aromatic carbocycles. The first-order chi connectivity index (χ1) is 12.4. The molecule has 0 aliphatic carbocycles. The summed E-state index contributed by atoms with van der Waals surface area (Å²) >= 11 is 6.27. The van der Waals surface area contributed by atoms with Crippen LogP contribution in [0, 0.1) is 0 Å². The number of halogens is 1. The van der Waals surface area contributed by atoms with Crippen LogP contribution in [0.15, 0.2) is 24.3 Å². The lowest BCUT2D eigenvalue weighted by Gasteiger charge is -2.37. The summed E-state index contributed by atoms with van der Waals surface area (Å²) in [5, 5.41) is 0.747. The second-order valence-corrected chi connectivity index (χ2v) is 9.59. The Labute approximate surface area is 160 Å². The number of carbonyl (C=O) groups is 1. The summed E-state index contributed by atoms with van der Waals surface area (Å²) in [7, 11) is -2.99. The predicted molar refractivity (Wildman–Crippen MR) is 105 cm³/mol. The van der Waals surface area contributed by atoms with Gasteiger partial charge in [0.2, 0.25) is 5.91 Å². The van der Waals surface area contributed by atoms with Gasteiger partial charge < -0.3 is 9.80 Å². The van der Waals surface area contributed by atoms with Crippen molar-refractivity contribution in [3.8, 4) is 0 Å². The molecule has 1 atom stereocenters. The maximum atomic E-state index is 12.7. The largest absolute Gasteiger partial charge is 0.368 e. The number of carbonyl (C=O) groups excluding carboxylic acids is 1. The first-order valence-corrected chi connectivity index (χ1v) is 11.3.